The Balaban J connectivity index is 0.000000217. The highest BCUT2D eigenvalue weighted by molar-refractivity contribution is 9.08. The number of carbonyl (C=O) groups excluding carboxylic acids is 4. The molecule has 0 aromatic heterocycles. The standard InChI is InChI=1S/C21H24N2O5S.C12H16N2O3S.C9H9BrO2/c1-28-20(24)19-9-7-18(8-10-19)16-23(15-17-5-3-2-4-6-17)21(25)22-11-13-29(26,27)14-12-22;15-12(13-10-11-4-2-1-3-5-11)14-6-8-18(16,17)9-7-14;1-12-9(11)8-4-2-7(6-10)3-5-8/h2-10H,11-16H2,1H3;1-5H,6-10H2,(H,13,15);2-5H,6H2,1H3. The number of methoxy groups -OCH3 is 2. The van der Waals surface area contributed by atoms with E-state index in [0.29, 0.717) is 30.8 Å². The van der Waals surface area contributed by atoms with Gasteiger partial charge in [0.05, 0.1) is 48.4 Å². The summed E-state index contributed by atoms with van der Waals surface area (Å²) in [5, 5.41) is 3.59. The predicted molar refractivity (Wildman–Crippen MR) is 228 cm³/mol. The molecule has 2 heterocycles. The number of rotatable bonds is 9. The van der Waals surface area contributed by atoms with E-state index in [2.05, 4.69) is 26.0 Å². The fraction of sp³-hybridized carbons (Fsp3) is 0.333. The molecule has 2 saturated heterocycles. The van der Waals surface area contributed by atoms with Crippen LogP contribution in [-0.2, 0) is 54.1 Å². The highest BCUT2D eigenvalue weighted by atomic mass is 79.9. The Kier molecular flexibility index (Phi) is 17.9. The van der Waals surface area contributed by atoms with Crippen LogP contribution in [-0.4, -0.2) is 119 Å². The molecule has 1 N–H and O–H groups in total. The van der Waals surface area contributed by atoms with Crippen molar-refractivity contribution in [3.8, 4) is 0 Å². The molecular formula is C42H49BrN4O10S2. The zero-order valence-electron chi connectivity index (χ0n) is 33.0. The fourth-order valence-electron chi connectivity index (χ4n) is 5.83. The average Bonchev–Trinajstić information content (AvgIpc) is 3.26. The van der Waals surface area contributed by atoms with Gasteiger partial charge in [-0.25, -0.2) is 36.0 Å². The van der Waals surface area contributed by atoms with E-state index in [1.165, 1.54) is 14.2 Å². The zero-order chi connectivity index (χ0) is 42.8. The summed E-state index contributed by atoms with van der Waals surface area (Å²) in [6.45, 7) is 2.18. The number of hydrogen-bond acceptors (Lipinski definition) is 10. The lowest BCUT2D eigenvalue weighted by molar-refractivity contribution is 0.0592. The third-order valence-corrected chi connectivity index (χ3v) is 13.2. The summed E-state index contributed by atoms with van der Waals surface area (Å²) in [5.41, 5.74) is 5.04. The lowest BCUT2D eigenvalue weighted by Crippen LogP contribution is -2.49. The molecule has 0 atom stereocenters. The van der Waals surface area contributed by atoms with Gasteiger partial charge in [0, 0.05) is 51.1 Å². The maximum atomic E-state index is 13.1. The van der Waals surface area contributed by atoms with Crippen LogP contribution in [0, 0.1) is 0 Å². The zero-order valence-corrected chi connectivity index (χ0v) is 36.2. The van der Waals surface area contributed by atoms with E-state index in [9.17, 15) is 36.0 Å². The number of halogens is 1. The molecule has 14 nitrogen and oxygen atoms in total. The van der Waals surface area contributed by atoms with Gasteiger partial charge in [-0.2, -0.15) is 0 Å². The van der Waals surface area contributed by atoms with Crippen LogP contribution in [0.3, 0.4) is 0 Å². The molecule has 316 valence electrons. The summed E-state index contributed by atoms with van der Waals surface area (Å²) in [4.78, 5) is 52.3. The Bertz CT molecular complexity index is 2180. The van der Waals surface area contributed by atoms with Crippen LogP contribution in [0.15, 0.2) is 109 Å². The molecule has 2 fully saturated rings. The van der Waals surface area contributed by atoms with E-state index >= 15 is 0 Å². The molecule has 59 heavy (non-hydrogen) atoms. The Labute approximate surface area is 354 Å². The first kappa shape index (κ1) is 46.4. The highest BCUT2D eigenvalue weighted by Crippen LogP contribution is 2.16. The van der Waals surface area contributed by atoms with Crippen molar-refractivity contribution < 1.29 is 45.5 Å². The Morgan fingerprint density at radius 1 is 0.576 bits per heavy atom. The Hall–Kier alpha value is -5.26. The summed E-state index contributed by atoms with van der Waals surface area (Å²) in [6, 6.07) is 33.0. The van der Waals surface area contributed by atoms with Crippen molar-refractivity contribution in [2.75, 3.05) is 63.4 Å². The van der Waals surface area contributed by atoms with E-state index < -0.39 is 25.6 Å². The fourth-order valence-corrected chi connectivity index (χ4v) is 8.61. The maximum Gasteiger partial charge on any atom is 0.337 e. The van der Waals surface area contributed by atoms with Crippen LogP contribution in [0.1, 0.15) is 43.0 Å². The van der Waals surface area contributed by atoms with Crippen molar-refractivity contribution in [2.24, 2.45) is 0 Å². The Morgan fingerprint density at radius 3 is 1.39 bits per heavy atom. The molecule has 4 aromatic rings. The van der Waals surface area contributed by atoms with Gasteiger partial charge in [-0.1, -0.05) is 101 Å². The van der Waals surface area contributed by atoms with Crippen molar-refractivity contribution in [3.63, 3.8) is 0 Å². The first-order chi connectivity index (χ1) is 28.2. The van der Waals surface area contributed by atoms with Gasteiger partial charge in [0.15, 0.2) is 19.7 Å². The molecule has 0 saturated carbocycles. The molecule has 0 aliphatic carbocycles. The lowest BCUT2D eigenvalue weighted by atomic mass is 10.1. The molecule has 0 bridgehead atoms. The van der Waals surface area contributed by atoms with E-state index in [1.54, 1.807) is 51.1 Å². The monoisotopic (exact) mass is 912 g/mol. The minimum atomic E-state index is -3.06. The molecular weight excluding hydrogens is 865 g/mol. The van der Waals surface area contributed by atoms with Crippen LogP contribution in [0.25, 0.3) is 0 Å². The maximum absolute atomic E-state index is 13.1. The van der Waals surface area contributed by atoms with E-state index in [-0.39, 0.29) is 67.2 Å². The molecule has 17 heteroatoms. The van der Waals surface area contributed by atoms with Gasteiger partial charge in [-0.05, 0) is 46.5 Å². The molecule has 2 aliphatic rings. The molecule has 4 aromatic carbocycles. The van der Waals surface area contributed by atoms with Gasteiger partial charge in [0.2, 0.25) is 0 Å². The third kappa shape index (κ3) is 15.5. The highest BCUT2D eigenvalue weighted by Gasteiger charge is 2.29. The van der Waals surface area contributed by atoms with Gasteiger partial charge in [0.25, 0.3) is 0 Å². The van der Waals surface area contributed by atoms with Crippen LogP contribution in [0.2, 0.25) is 0 Å². The summed E-state index contributed by atoms with van der Waals surface area (Å²) >= 11 is 3.32. The van der Waals surface area contributed by atoms with E-state index in [4.69, 9.17) is 4.74 Å². The van der Waals surface area contributed by atoms with Crippen LogP contribution >= 0.6 is 15.9 Å². The third-order valence-electron chi connectivity index (χ3n) is 9.30. The van der Waals surface area contributed by atoms with Gasteiger partial charge >= 0.3 is 24.0 Å². The summed E-state index contributed by atoms with van der Waals surface area (Å²) in [5.74, 6) is -0.603. The van der Waals surface area contributed by atoms with E-state index in [1.807, 2.05) is 72.8 Å². The van der Waals surface area contributed by atoms with Crippen LogP contribution in [0.4, 0.5) is 9.59 Å². The van der Waals surface area contributed by atoms with Gasteiger partial charge in [-0.15, -0.1) is 0 Å². The predicted octanol–water partition coefficient (Wildman–Crippen LogP) is 5.32. The minimum absolute atomic E-state index is 0.00819. The lowest BCUT2D eigenvalue weighted by Gasteiger charge is -2.33. The second-order valence-corrected chi connectivity index (χ2v) is 18.7. The first-order valence-electron chi connectivity index (χ1n) is 18.7. The molecule has 0 radical (unpaired) electrons. The molecule has 4 amide bonds. The summed E-state index contributed by atoms with van der Waals surface area (Å²) in [7, 11) is -3.30. The smallest absolute Gasteiger partial charge is 0.337 e. The number of sulfone groups is 2. The second kappa shape index (κ2) is 22.8. The largest absolute Gasteiger partial charge is 0.465 e. The first-order valence-corrected chi connectivity index (χ1v) is 23.4. The van der Waals surface area contributed by atoms with Crippen molar-refractivity contribution in [3.05, 3.63) is 143 Å². The second-order valence-electron chi connectivity index (χ2n) is 13.6. The number of hydrogen-bond donors (Lipinski definition) is 1. The normalized spacial score (nSPS) is 15.2. The topological polar surface area (TPSA) is 177 Å². The molecule has 0 spiro atoms. The molecule has 2 aliphatic heterocycles. The van der Waals surface area contributed by atoms with Crippen molar-refractivity contribution >= 4 is 59.6 Å². The average molecular weight is 914 g/mol. The van der Waals surface area contributed by atoms with Gasteiger partial charge < -0.3 is 29.5 Å². The van der Waals surface area contributed by atoms with Crippen molar-refractivity contribution in [2.45, 2.75) is 25.0 Å². The van der Waals surface area contributed by atoms with Crippen molar-refractivity contribution in [1.82, 2.24) is 20.0 Å². The van der Waals surface area contributed by atoms with Crippen LogP contribution < -0.4 is 5.32 Å². The number of benzene rings is 4. The molecule has 0 unspecified atom stereocenters. The quantitative estimate of drug-likeness (QED) is 0.171. The summed E-state index contributed by atoms with van der Waals surface area (Å²) < 4.78 is 55.1. The number of amides is 4. The molecule has 6 rings (SSSR count). The van der Waals surface area contributed by atoms with Crippen molar-refractivity contribution in [1.29, 1.82) is 0 Å². The number of esters is 2. The van der Waals surface area contributed by atoms with Gasteiger partial charge in [0.1, 0.15) is 0 Å². The van der Waals surface area contributed by atoms with Gasteiger partial charge in [-0.3, -0.25) is 0 Å². The number of nitrogens with one attached hydrogen (secondary N) is 1. The SMILES string of the molecule is COC(=O)c1ccc(CBr)cc1.COC(=O)c1ccc(CN(Cc2ccccc2)C(=O)N2CCS(=O)(=O)CC2)cc1.O=C(NCc1ccccc1)N1CCS(=O)(=O)CC1. The number of urea groups is 2. The summed E-state index contributed by atoms with van der Waals surface area (Å²) in [6.07, 6.45) is 0. The number of alkyl halides is 1. The number of carbonyl (C=O) groups is 4. The van der Waals surface area contributed by atoms with Crippen LogP contribution in [0.5, 0.6) is 0 Å². The number of nitrogens with zero attached hydrogens (tertiary/aromatic N) is 3. The van der Waals surface area contributed by atoms with E-state index in [0.717, 1.165) is 27.6 Å². The minimum Gasteiger partial charge on any atom is -0.465 e. The Morgan fingerprint density at radius 2 is 0.966 bits per heavy atom. The number of ether oxygens (including phenoxy) is 2.